The van der Waals surface area contributed by atoms with E-state index in [4.69, 9.17) is 0 Å². The first-order valence-electron chi connectivity index (χ1n) is 5.43. The van der Waals surface area contributed by atoms with E-state index in [-0.39, 0.29) is 5.91 Å². The Morgan fingerprint density at radius 2 is 2.25 bits per heavy atom. The van der Waals surface area contributed by atoms with E-state index in [1.165, 1.54) is 10.5 Å². The lowest BCUT2D eigenvalue weighted by atomic mass is 9.90. The molecule has 3 rings (SSSR count). The highest BCUT2D eigenvalue weighted by molar-refractivity contribution is 7.99. The van der Waals surface area contributed by atoms with E-state index in [1.807, 2.05) is 23.9 Å². The second kappa shape index (κ2) is 3.94. The molecular formula is C12H12N2OS. The lowest BCUT2D eigenvalue weighted by molar-refractivity contribution is -0.122. The zero-order chi connectivity index (χ0) is 11.0. The minimum Gasteiger partial charge on any atom is -0.273 e. The summed E-state index contributed by atoms with van der Waals surface area (Å²) in [5.41, 5.74) is 4.84. The van der Waals surface area contributed by atoms with Gasteiger partial charge >= 0.3 is 0 Å². The van der Waals surface area contributed by atoms with Gasteiger partial charge in [-0.25, -0.2) is 5.43 Å². The average Bonchev–Trinajstić information content (AvgIpc) is 2.47. The number of hydrogen-bond donors (Lipinski definition) is 1. The molecule has 2 aliphatic heterocycles. The van der Waals surface area contributed by atoms with E-state index in [9.17, 15) is 4.79 Å². The molecule has 3 nitrogen and oxygen atoms in total. The van der Waals surface area contributed by atoms with Gasteiger partial charge in [-0.2, -0.15) is 5.10 Å². The third-order valence-corrected chi connectivity index (χ3v) is 4.11. The number of nitrogens with one attached hydrogen (secondary N) is 1. The van der Waals surface area contributed by atoms with E-state index in [1.54, 1.807) is 0 Å². The summed E-state index contributed by atoms with van der Waals surface area (Å²) in [6.07, 6.45) is 1.61. The van der Waals surface area contributed by atoms with Gasteiger partial charge in [0.2, 0.25) is 5.91 Å². The molecule has 0 radical (unpaired) electrons. The molecule has 0 spiro atoms. The van der Waals surface area contributed by atoms with Crippen LogP contribution >= 0.6 is 11.8 Å². The van der Waals surface area contributed by atoms with Crippen LogP contribution in [0.15, 0.2) is 34.3 Å². The predicted molar refractivity (Wildman–Crippen MR) is 64.6 cm³/mol. The number of benzene rings is 1. The number of carbonyl (C=O) groups is 1. The molecule has 0 saturated heterocycles. The van der Waals surface area contributed by atoms with Crippen molar-refractivity contribution >= 4 is 23.4 Å². The first-order chi connectivity index (χ1) is 7.84. The number of fused-ring (bicyclic) bond motifs is 3. The van der Waals surface area contributed by atoms with Crippen molar-refractivity contribution in [3.8, 4) is 0 Å². The van der Waals surface area contributed by atoms with E-state index in [0.29, 0.717) is 12.3 Å². The number of amides is 1. The number of rotatable bonds is 0. The largest absolute Gasteiger partial charge is 0.273 e. The standard InChI is InChI=1S/C12H12N2OS/c15-11-7-8-5-6-16-10-4-2-1-3-9(10)12(8)14-13-11/h1-4,8H,5-7H2,(H,13,15). The number of thioether (sulfide) groups is 1. The molecule has 1 aromatic rings. The van der Waals surface area contributed by atoms with E-state index in [0.717, 1.165) is 17.9 Å². The minimum atomic E-state index is 0.0399. The zero-order valence-corrected chi connectivity index (χ0v) is 9.59. The molecule has 82 valence electrons. The molecule has 1 N–H and O–H groups in total. The summed E-state index contributed by atoms with van der Waals surface area (Å²) in [6.45, 7) is 0. The Hall–Kier alpha value is -1.29. The fraction of sp³-hybridized carbons (Fsp3) is 0.333. The highest BCUT2D eigenvalue weighted by Crippen LogP contribution is 2.33. The van der Waals surface area contributed by atoms with Crippen LogP contribution in [0.1, 0.15) is 18.4 Å². The smallest absolute Gasteiger partial charge is 0.240 e. The van der Waals surface area contributed by atoms with Crippen LogP contribution in [0.25, 0.3) is 0 Å². The van der Waals surface area contributed by atoms with E-state index < -0.39 is 0 Å². The van der Waals surface area contributed by atoms with Crippen LogP contribution in [0.3, 0.4) is 0 Å². The maximum absolute atomic E-state index is 11.3. The molecule has 1 atom stereocenters. The summed E-state index contributed by atoms with van der Waals surface area (Å²) >= 11 is 1.86. The molecule has 0 bridgehead atoms. The first-order valence-corrected chi connectivity index (χ1v) is 6.42. The average molecular weight is 232 g/mol. The molecule has 16 heavy (non-hydrogen) atoms. The molecule has 2 heterocycles. The van der Waals surface area contributed by atoms with Crippen molar-refractivity contribution in [3.63, 3.8) is 0 Å². The second-order valence-electron chi connectivity index (χ2n) is 4.07. The maximum atomic E-state index is 11.3. The van der Waals surface area contributed by atoms with Gasteiger partial charge in [-0.3, -0.25) is 4.79 Å². The van der Waals surface area contributed by atoms with Crippen molar-refractivity contribution in [1.82, 2.24) is 5.43 Å². The van der Waals surface area contributed by atoms with Crippen molar-refractivity contribution in [3.05, 3.63) is 29.8 Å². The molecule has 1 unspecified atom stereocenters. The number of hydrazone groups is 1. The van der Waals surface area contributed by atoms with Crippen LogP contribution in [-0.2, 0) is 4.79 Å². The minimum absolute atomic E-state index is 0.0399. The van der Waals surface area contributed by atoms with Crippen LogP contribution in [0, 0.1) is 5.92 Å². The van der Waals surface area contributed by atoms with Gasteiger partial charge in [0.1, 0.15) is 0 Å². The van der Waals surface area contributed by atoms with Crippen LogP contribution in [0.4, 0.5) is 0 Å². The van der Waals surface area contributed by atoms with Gasteiger partial charge in [-0.1, -0.05) is 18.2 Å². The molecule has 4 heteroatoms. The van der Waals surface area contributed by atoms with Crippen molar-refractivity contribution in [2.45, 2.75) is 17.7 Å². The van der Waals surface area contributed by atoms with Crippen molar-refractivity contribution < 1.29 is 4.79 Å². The molecule has 2 aliphatic rings. The maximum Gasteiger partial charge on any atom is 0.240 e. The van der Waals surface area contributed by atoms with Gasteiger partial charge in [0.15, 0.2) is 0 Å². The van der Waals surface area contributed by atoms with Gasteiger partial charge in [-0.05, 0) is 18.2 Å². The van der Waals surface area contributed by atoms with Crippen LogP contribution in [0.2, 0.25) is 0 Å². The quantitative estimate of drug-likeness (QED) is 0.743. The zero-order valence-electron chi connectivity index (χ0n) is 8.77. The summed E-state index contributed by atoms with van der Waals surface area (Å²) in [6, 6.07) is 8.30. The van der Waals surface area contributed by atoms with Crippen molar-refractivity contribution in [1.29, 1.82) is 0 Å². The SMILES string of the molecule is O=C1CC2CCSc3ccccc3C2=NN1. The van der Waals surface area contributed by atoms with E-state index in [2.05, 4.69) is 22.7 Å². The Bertz CT molecular complexity index is 470. The normalized spacial score (nSPS) is 23.6. The monoisotopic (exact) mass is 232 g/mol. The molecule has 1 amide bonds. The number of carbonyl (C=O) groups excluding carboxylic acids is 1. The highest BCUT2D eigenvalue weighted by Gasteiger charge is 2.28. The Morgan fingerprint density at radius 3 is 3.19 bits per heavy atom. The molecule has 0 aromatic heterocycles. The molecule has 0 aliphatic carbocycles. The van der Waals surface area contributed by atoms with Crippen molar-refractivity contribution in [2.75, 3.05) is 5.75 Å². The van der Waals surface area contributed by atoms with Crippen LogP contribution in [0.5, 0.6) is 0 Å². The van der Waals surface area contributed by atoms with Gasteiger partial charge in [0.25, 0.3) is 0 Å². The highest BCUT2D eigenvalue weighted by atomic mass is 32.2. The van der Waals surface area contributed by atoms with E-state index >= 15 is 0 Å². The van der Waals surface area contributed by atoms with Gasteiger partial charge in [0, 0.05) is 22.8 Å². The molecule has 1 aromatic carbocycles. The van der Waals surface area contributed by atoms with Crippen LogP contribution < -0.4 is 5.43 Å². The molecule has 0 saturated carbocycles. The summed E-state index contributed by atoms with van der Waals surface area (Å²) in [5, 5.41) is 4.24. The summed E-state index contributed by atoms with van der Waals surface area (Å²) in [7, 11) is 0. The van der Waals surface area contributed by atoms with Gasteiger partial charge in [0.05, 0.1) is 5.71 Å². The Balaban J connectivity index is 2.09. The third kappa shape index (κ3) is 1.63. The number of hydrogen-bond acceptors (Lipinski definition) is 3. The second-order valence-corrected chi connectivity index (χ2v) is 5.20. The van der Waals surface area contributed by atoms with Gasteiger partial charge in [-0.15, -0.1) is 11.8 Å². The number of nitrogens with zero attached hydrogens (tertiary/aromatic N) is 1. The Kier molecular flexibility index (Phi) is 2.44. The summed E-state index contributed by atoms with van der Waals surface area (Å²) in [5.74, 6) is 1.40. The predicted octanol–water partition coefficient (Wildman–Crippen LogP) is 2.02. The lowest BCUT2D eigenvalue weighted by Crippen LogP contribution is -2.33. The first kappa shape index (κ1) is 9.90. The summed E-state index contributed by atoms with van der Waals surface area (Å²) < 4.78 is 0. The summed E-state index contributed by atoms with van der Waals surface area (Å²) in [4.78, 5) is 12.6. The van der Waals surface area contributed by atoms with Crippen molar-refractivity contribution in [2.24, 2.45) is 11.0 Å². The fourth-order valence-electron chi connectivity index (χ4n) is 2.21. The third-order valence-electron chi connectivity index (χ3n) is 3.01. The van der Waals surface area contributed by atoms with Crippen LogP contribution in [-0.4, -0.2) is 17.4 Å². The Morgan fingerprint density at radius 1 is 1.38 bits per heavy atom. The topological polar surface area (TPSA) is 41.5 Å². The lowest BCUT2D eigenvalue weighted by Gasteiger charge is -2.20. The van der Waals surface area contributed by atoms with Gasteiger partial charge < -0.3 is 0 Å². The fourth-order valence-corrected chi connectivity index (χ4v) is 3.34. The molecule has 0 fully saturated rings. The Labute approximate surface area is 98.3 Å². The molecular weight excluding hydrogens is 220 g/mol.